The van der Waals surface area contributed by atoms with Crippen LogP contribution in [0, 0.1) is 6.92 Å². The highest BCUT2D eigenvalue weighted by molar-refractivity contribution is 5.75. The molecule has 0 atom stereocenters. The summed E-state index contributed by atoms with van der Waals surface area (Å²) < 4.78 is 1.29. The Morgan fingerprint density at radius 3 is 2.26 bits per heavy atom. The van der Waals surface area contributed by atoms with E-state index in [0.29, 0.717) is 0 Å². The van der Waals surface area contributed by atoms with E-state index in [1.54, 1.807) is 0 Å². The van der Waals surface area contributed by atoms with Crippen LogP contribution in [0.5, 0.6) is 0 Å². The Hall–Kier alpha value is -2.48. The highest BCUT2D eigenvalue weighted by Gasteiger charge is 2.22. The van der Waals surface area contributed by atoms with Gasteiger partial charge in [0.1, 0.15) is 0 Å². The van der Waals surface area contributed by atoms with Crippen LogP contribution in [0.4, 0.5) is 0 Å². The van der Waals surface area contributed by atoms with Crippen LogP contribution in [0.2, 0.25) is 0 Å². The number of nitrogens with zero attached hydrogens (tertiary/aromatic N) is 2. The molecule has 3 rings (SSSR count). The number of hydrogen-bond donors (Lipinski definition) is 0. The van der Waals surface area contributed by atoms with Gasteiger partial charge in [0.25, 0.3) is 0 Å². The fourth-order valence-electron chi connectivity index (χ4n) is 2.89. The molecule has 2 heteroatoms. The van der Waals surface area contributed by atoms with Gasteiger partial charge in [-0.3, -0.25) is 0 Å². The molecule has 0 N–H and O–H groups in total. The molecule has 116 valence electrons. The molecule has 0 saturated carbocycles. The Morgan fingerprint density at radius 1 is 0.913 bits per heavy atom. The lowest BCUT2D eigenvalue weighted by Gasteiger charge is -2.09. The molecule has 0 aliphatic carbocycles. The van der Waals surface area contributed by atoms with E-state index in [1.165, 1.54) is 28.7 Å². The molecule has 1 aliphatic rings. The van der Waals surface area contributed by atoms with Crippen molar-refractivity contribution < 1.29 is 4.70 Å². The van der Waals surface area contributed by atoms with Crippen molar-refractivity contribution in [3.8, 4) is 0 Å². The van der Waals surface area contributed by atoms with Gasteiger partial charge >= 0.3 is 0 Å². The second-order valence-electron chi connectivity index (χ2n) is 6.09. The van der Waals surface area contributed by atoms with Crippen molar-refractivity contribution in [1.82, 2.24) is 0 Å². The monoisotopic (exact) mass is 302 g/mol. The van der Waals surface area contributed by atoms with Gasteiger partial charge in [0.2, 0.25) is 11.4 Å². The quantitative estimate of drug-likeness (QED) is 0.627. The van der Waals surface area contributed by atoms with E-state index in [4.69, 9.17) is 0 Å². The molecule has 2 aromatic rings. The third kappa shape index (κ3) is 3.31. The van der Waals surface area contributed by atoms with Gasteiger partial charge in [0, 0.05) is 23.3 Å². The Kier molecular flexibility index (Phi) is 4.52. The number of hydrogen-bond acceptors (Lipinski definition) is 0. The van der Waals surface area contributed by atoms with Crippen molar-refractivity contribution in [3.05, 3.63) is 88.5 Å². The van der Waals surface area contributed by atoms with Crippen molar-refractivity contribution in [3.63, 3.8) is 0 Å². The largest absolute Gasteiger partial charge is 0.493 e. The maximum Gasteiger partial charge on any atom is 0.207 e. The molecule has 0 bridgehead atoms. The third-order valence-electron chi connectivity index (χ3n) is 4.24. The van der Waals surface area contributed by atoms with Gasteiger partial charge in [-0.1, -0.05) is 43.2 Å². The lowest BCUT2D eigenvalue weighted by molar-refractivity contribution is -0.344. The van der Waals surface area contributed by atoms with Crippen LogP contribution >= 0.6 is 0 Å². The predicted molar refractivity (Wildman–Crippen MR) is 95.8 cm³/mol. The lowest BCUT2D eigenvalue weighted by Crippen LogP contribution is -2.01. The van der Waals surface area contributed by atoms with E-state index in [2.05, 4.69) is 50.2 Å². The molecule has 0 spiro atoms. The maximum atomic E-state index is 10.6. The highest BCUT2D eigenvalue weighted by atomic mass is 15.2. The van der Waals surface area contributed by atoms with Gasteiger partial charge < -0.3 is 5.53 Å². The summed E-state index contributed by atoms with van der Waals surface area (Å²) in [5.74, 6) is 0. The van der Waals surface area contributed by atoms with Crippen LogP contribution in [0.3, 0.4) is 0 Å². The Morgan fingerprint density at radius 2 is 1.61 bits per heavy atom. The van der Waals surface area contributed by atoms with Crippen LogP contribution in [-0.4, -0.2) is 4.70 Å². The number of rotatable bonds is 5. The van der Waals surface area contributed by atoms with Gasteiger partial charge in [-0.2, -0.15) is 0 Å². The first-order chi connectivity index (χ1) is 11.2. The predicted octanol–water partition coefficient (Wildman–Crippen LogP) is 5.77. The summed E-state index contributed by atoms with van der Waals surface area (Å²) in [5.41, 5.74) is 16.8. The molecule has 2 nitrogen and oxygen atoms in total. The van der Waals surface area contributed by atoms with Crippen molar-refractivity contribution >= 4 is 11.4 Å². The Balaban J connectivity index is 1.78. The first-order valence-corrected chi connectivity index (χ1v) is 8.26. The van der Waals surface area contributed by atoms with Crippen LogP contribution in [0.1, 0.15) is 42.0 Å². The molecule has 0 saturated heterocycles. The summed E-state index contributed by atoms with van der Waals surface area (Å²) in [5, 5.41) is 0. The van der Waals surface area contributed by atoms with E-state index in [1.807, 2.05) is 24.3 Å². The molecule has 0 aromatic heterocycles. The molecular weight excluding hydrogens is 280 g/mol. The molecule has 1 heterocycles. The minimum atomic E-state index is 0.818. The molecule has 0 radical (unpaired) electrons. The number of benzene rings is 2. The highest BCUT2D eigenvalue weighted by Crippen LogP contribution is 2.31. The van der Waals surface area contributed by atoms with Crippen molar-refractivity contribution in [2.45, 2.75) is 33.1 Å². The molecule has 0 unspecified atom stereocenters. The molecule has 2 aromatic carbocycles. The van der Waals surface area contributed by atoms with Crippen molar-refractivity contribution in [2.24, 2.45) is 0 Å². The minimum Gasteiger partial charge on any atom is -0.493 e. The standard InChI is InChI=1S/C21H22N2/c1-3-4-7-17-9-11-18(12-10-17)20-13-14-21(23(20)22)19-8-5-6-16(2)15-19/h5-6,8-15H,3-4,7H2,1-2H3. The normalized spacial score (nSPS) is 13.9. The van der Waals surface area contributed by atoms with Crippen LogP contribution in [-0.2, 0) is 6.42 Å². The molecular formula is C21H22N2. The summed E-state index contributed by atoms with van der Waals surface area (Å²) in [6, 6.07) is 16.7. The van der Waals surface area contributed by atoms with E-state index in [0.717, 1.165) is 28.9 Å². The lowest BCUT2D eigenvalue weighted by atomic mass is 10.0. The molecule has 1 aliphatic heterocycles. The fourth-order valence-corrected chi connectivity index (χ4v) is 2.89. The summed E-state index contributed by atoms with van der Waals surface area (Å²) in [6.45, 7) is 4.27. The molecule has 0 amide bonds. The van der Waals surface area contributed by atoms with E-state index < -0.39 is 0 Å². The summed E-state index contributed by atoms with van der Waals surface area (Å²) in [7, 11) is 0. The van der Waals surface area contributed by atoms with Gasteiger partial charge in [0.05, 0.1) is 0 Å². The van der Waals surface area contributed by atoms with Crippen molar-refractivity contribution in [1.29, 1.82) is 0 Å². The topological polar surface area (TPSA) is 25.3 Å². The van der Waals surface area contributed by atoms with E-state index in [9.17, 15) is 5.53 Å². The van der Waals surface area contributed by atoms with Crippen LogP contribution in [0.25, 0.3) is 16.9 Å². The molecule has 0 fully saturated rings. The van der Waals surface area contributed by atoms with Crippen molar-refractivity contribution in [2.75, 3.05) is 0 Å². The SMILES string of the molecule is CCCCc1ccc(C2=CC=C(c3cccc(C)c3)[N+]2=[N-])cc1. The number of aryl methyl sites for hydroxylation is 2. The number of allylic oxidation sites excluding steroid dienone is 2. The average molecular weight is 302 g/mol. The summed E-state index contributed by atoms with van der Waals surface area (Å²) in [4.78, 5) is 0. The smallest absolute Gasteiger partial charge is 0.207 e. The van der Waals surface area contributed by atoms with Gasteiger partial charge in [-0.05, 0) is 49.6 Å². The van der Waals surface area contributed by atoms with Crippen LogP contribution in [0.15, 0.2) is 60.7 Å². The zero-order chi connectivity index (χ0) is 16.2. The van der Waals surface area contributed by atoms with E-state index >= 15 is 0 Å². The second-order valence-corrected chi connectivity index (χ2v) is 6.09. The van der Waals surface area contributed by atoms with Gasteiger partial charge in [-0.25, -0.2) is 4.70 Å². The first kappa shape index (κ1) is 15.4. The maximum absolute atomic E-state index is 10.6. The third-order valence-corrected chi connectivity index (χ3v) is 4.24. The first-order valence-electron chi connectivity index (χ1n) is 8.26. The summed E-state index contributed by atoms with van der Waals surface area (Å²) >= 11 is 0. The fraction of sp³-hybridized carbons (Fsp3) is 0.238. The second kappa shape index (κ2) is 6.74. The average Bonchev–Trinajstić information content (AvgIpc) is 2.95. The molecule has 23 heavy (non-hydrogen) atoms. The Labute approximate surface area is 138 Å². The minimum absolute atomic E-state index is 0.818. The zero-order valence-electron chi connectivity index (χ0n) is 13.8. The van der Waals surface area contributed by atoms with Crippen LogP contribution < -0.4 is 0 Å². The number of unbranched alkanes of at least 4 members (excludes halogenated alkanes) is 1. The zero-order valence-corrected chi connectivity index (χ0v) is 13.8. The van der Waals surface area contributed by atoms with Gasteiger partial charge in [0.15, 0.2) is 0 Å². The Bertz CT molecular complexity index is 780. The van der Waals surface area contributed by atoms with E-state index in [-0.39, 0.29) is 0 Å². The summed E-state index contributed by atoms with van der Waals surface area (Å²) in [6.07, 6.45) is 7.48. The van der Waals surface area contributed by atoms with Gasteiger partial charge in [-0.15, -0.1) is 0 Å².